The Morgan fingerprint density at radius 2 is 1.76 bits per heavy atom. The second-order valence-corrected chi connectivity index (χ2v) is 5.99. The molecule has 1 heterocycles. The SMILES string of the molecule is O=C(CC(=O)N1CCCCCC1)Nc1cc(Cl)ccc1Cl. The van der Waals surface area contributed by atoms with Crippen LogP contribution >= 0.6 is 23.2 Å². The van der Waals surface area contributed by atoms with Crippen molar-refractivity contribution in [2.24, 2.45) is 0 Å². The van der Waals surface area contributed by atoms with Crippen LogP contribution in [0.3, 0.4) is 0 Å². The summed E-state index contributed by atoms with van der Waals surface area (Å²) < 4.78 is 0. The molecule has 1 aromatic rings. The summed E-state index contributed by atoms with van der Waals surface area (Å²) in [6.07, 6.45) is 4.14. The van der Waals surface area contributed by atoms with Crippen LogP contribution in [0.5, 0.6) is 0 Å². The molecule has 1 fully saturated rings. The zero-order valence-corrected chi connectivity index (χ0v) is 13.2. The zero-order chi connectivity index (χ0) is 15.2. The van der Waals surface area contributed by atoms with E-state index in [1.54, 1.807) is 23.1 Å². The lowest BCUT2D eigenvalue weighted by Crippen LogP contribution is -2.34. The van der Waals surface area contributed by atoms with Crippen LogP contribution in [-0.2, 0) is 9.59 Å². The Balaban J connectivity index is 1.91. The lowest BCUT2D eigenvalue weighted by Gasteiger charge is -2.20. The average molecular weight is 329 g/mol. The summed E-state index contributed by atoms with van der Waals surface area (Å²) in [5.41, 5.74) is 0.429. The minimum Gasteiger partial charge on any atom is -0.342 e. The molecule has 0 aliphatic carbocycles. The van der Waals surface area contributed by atoms with E-state index in [0.717, 1.165) is 38.8 Å². The standard InChI is InChI=1S/C15H18Cl2N2O2/c16-11-5-6-12(17)13(9-11)18-14(20)10-15(21)19-7-3-1-2-4-8-19/h5-6,9H,1-4,7-8,10H2,(H,18,20). The molecule has 0 unspecified atom stereocenters. The number of carbonyl (C=O) groups excluding carboxylic acids is 2. The van der Waals surface area contributed by atoms with Crippen molar-refractivity contribution < 1.29 is 9.59 Å². The maximum absolute atomic E-state index is 12.1. The van der Waals surface area contributed by atoms with Crippen molar-refractivity contribution in [3.05, 3.63) is 28.2 Å². The second-order valence-electron chi connectivity index (χ2n) is 5.14. The lowest BCUT2D eigenvalue weighted by molar-refractivity contribution is -0.134. The molecule has 1 saturated heterocycles. The number of rotatable bonds is 3. The van der Waals surface area contributed by atoms with Gasteiger partial charge in [-0.1, -0.05) is 36.0 Å². The van der Waals surface area contributed by atoms with Gasteiger partial charge >= 0.3 is 0 Å². The van der Waals surface area contributed by atoms with Crippen LogP contribution < -0.4 is 5.32 Å². The van der Waals surface area contributed by atoms with E-state index in [9.17, 15) is 9.59 Å². The molecule has 114 valence electrons. The number of nitrogens with one attached hydrogen (secondary N) is 1. The monoisotopic (exact) mass is 328 g/mol. The summed E-state index contributed by atoms with van der Waals surface area (Å²) >= 11 is 11.8. The van der Waals surface area contributed by atoms with Gasteiger partial charge in [0.15, 0.2) is 0 Å². The fourth-order valence-corrected chi connectivity index (χ4v) is 2.69. The fraction of sp³-hybridized carbons (Fsp3) is 0.467. The maximum Gasteiger partial charge on any atom is 0.233 e. The Hall–Kier alpha value is -1.26. The number of halogens is 2. The van der Waals surface area contributed by atoms with Crippen molar-refractivity contribution >= 4 is 40.7 Å². The van der Waals surface area contributed by atoms with Crippen molar-refractivity contribution in [2.75, 3.05) is 18.4 Å². The van der Waals surface area contributed by atoms with Crippen LogP contribution in [0, 0.1) is 0 Å². The van der Waals surface area contributed by atoms with E-state index in [2.05, 4.69) is 5.32 Å². The molecule has 0 saturated carbocycles. The van der Waals surface area contributed by atoms with Gasteiger partial charge in [0.2, 0.25) is 11.8 Å². The molecule has 1 aliphatic rings. The van der Waals surface area contributed by atoms with Gasteiger partial charge in [-0.2, -0.15) is 0 Å². The molecule has 0 bridgehead atoms. The molecule has 0 aromatic heterocycles. The number of anilines is 1. The summed E-state index contributed by atoms with van der Waals surface area (Å²) in [7, 11) is 0. The van der Waals surface area contributed by atoms with E-state index < -0.39 is 0 Å². The van der Waals surface area contributed by atoms with Crippen LogP contribution in [0.25, 0.3) is 0 Å². The number of likely N-dealkylation sites (tertiary alicyclic amines) is 1. The number of benzene rings is 1. The maximum atomic E-state index is 12.1. The average Bonchev–Trinajstić information content (AvgIpc) is 2.72. The first-order chi connectivity index (χ1) is 10.1. The summed E-state index contributed by atoms with van der Waals surface area (Å²) in [6.45, 7) is 1.48. The Kier molecular flexibility index (Phi) is 5.88. The highest BCUT2D eigenvalue weighted by Crippen LogP contribution is 2.25. The molecule has 21 heavy (non-hydrogen) atoms. The van der Waals surface area contributed by atoms with Gasteiger partial charge in [0.1, 0.15) is 6.42 Å². The van der Waals surface area contributed by atoms with Crippen molar-refractivity contribution in [3.63, 3.8) is 0 Å². The highest BCUT2D eigenvalue weighted by atomic mass is 35.5. The molecule has 2 rings (SSSR count). The Bertz CT molecular complexity index is 526. The highest BCUT2D eigenvalue weighted by Gasteiger charge is 2.19. The van der Waals surface area contributed by atoms with Crippen molar-refractivity contribution in [1.82, 2.24) is 4.90 Å². The van der Waals surface area contributed by atoms with Crippen LogP contribution in [0.2, 0.25) is 10.0 Å². The molecular weight excluding hydrogens is 311 g/mol. The number of amides is 2. The summed E-state index contributed by atoms with van der Waals surface area (Å²) in [4.78, 5) is 25.8. The first-order valence-corrected chi connectivity index (χ1v) is 7.84. The van der Waals surface area contributed by atoms with Gasteiger partial charge in [-0.15, -0.1) is 0 Å². The van der Waals surface area contributed by atoms with E-state index in [1.165, 1.54) is 0 Å². The third kappa shape index (κ3) is 4.90. The molecule has 1 aromatic carbocycles. The van der Waals surface area contributed by atoms with Gasteiger partial charge in [-0.05, 0) is 31.0 Å². The van der Waals surface area contributed by atoms with Crippen molar-refractivity contribution in [2.45, 2.75) is 32.1 Å². The molecular formula is C15H18Cl2N2O2. The van der Waals surface area contributed by atoms with E-state index in [4.69, 9.17) is 23.2 Å². The first kappa shape index (κ1) is 16.1. The molecule has 4 nitrogen and oxygen atoms in total. The van der Waals surface area contributed by atoms with Gasteiger partial charge < -0.3 is 10.2 Å². The van der Waals surface area contributed by atoms with Crippen LogP contribution in [0.1, 0.15) is 32.1 Å². The Morgan fingerprint density at radius 1 is 1.10 bits per heavy atom. The summed E-state index contributed by atoms with van der Waals surface area (Å²) in [5, 5.41) is 3.51. The number of hydrogen-bond donors (Lipinski definition) is 1. The molecule has 0 spiro atoms. The largest absolute Gasteiger partial charge is 0.342 e. The molecule has 6 heteroatoms. The quantitative estimate of drug-likeness (QED) is 0.859. The number of hydrogen-bond acceptors (Lipinski definition) is 2. The Morgan fingerprint density at radius 3 is 2.43 bits per heavy atom. The molecule has 0 radical (unpaired) electrons. The topological polar surface area (TPSA) is 49.4 Å². The van der Waals surface area contributed by atoms with Crippen LogP contribution in [0.4, 0.5) is 5.69 Å². The normalized spacial score (nSPS) is 15.4. The molecule has 1 N–H and O–H groups in total. The van der Waals surface area contributed by atoms with E-state index in [-0.39, 0.29) is 18.2 Å². The van der Waals surface area contributed by atoms with E-state index >= 15 is 0 Å². The lowest BCUT2D eigenvalue weighted by atomic mass is 10.2. The van der Waals surface area contributed by atoms with E-state index in [0.29, 0.717) is 15.7 Å². The first-order valence-electron chi connectivity index (χ1n) is 7.09. The minimum absolute atomic E-state index is 0.132. The van der Waals surface area contributed by atoms with Crippen LogP contribution in [-0.4, -0.2) is 29.8 Å². The minimum atomic E-state index is -0.367. The number of carbonyl (C=O) groups is 2. The van der Waals surface area contributed by atoms with Crippen LogP contribution in [0.15, 0.2) is 18.2 Å². The molecule has 0 atom stereocenters. The van der Waals surface area contributed by atoms with Crippen molar-refractivity contribution in [3.8, 4) is 0 Å². The number of nitrogens with zero attached hydrogens (tertiary/aromatic N) is 1. The molecule has 1 aliphatic heterocycles. The predicted octanol–water partition coefficient (Wildman–Crippen LogP) is 3.72. The summed E-state index contributed by atoms with van der Waals surface area (Å²) in [5.74, 6) is -0.499. The zero-order valence-electron chi connectivity index (χ0n) is 11.7. The smallest absolute Gasteiger partial charge is 0.233 e. The van der Waals surface area contributed by atoms with Gasteiger partial charge in [-0.3, -0.25) is 9.59 Å². The van der Waals surface area contributed by atoms with Gasteiger partial charge in [0.05, 0.1) is 10.7 Å². The third-order valence-electron chi connectivity index (χ3n) is 3.47. The summed E-state index contributed by atoms with van der Waals surface area (Å²) in [6, 6.07) is 4.82. The predicted molar refractivity (Wildman–Crippen MR) is 84.8 cm³/mol. The van der Waals surface area contributed by atoms with Crippen molar-refractivity contribution in [1.29, 1.82) is 0 Å². The highest BCUT2D eigenvalue weighted by molar-refractivity contribution is 6.35. The second kappa shape index (κ2) is 7.66. The Labute approximate surface area is 134 Å². The molecule has 2 amide bonds. The third-order valence-corrected chi connectivity index (χ3v) is 4.04. The van der Waals surface area contributed by atoms with Gasteiger partial charge in [0, 0.05) is 18.1 Å². The fourth-order valence-electron chi connectivity index (χ4n) is 2.36. The van der Waals surface area contributed by atoms with Gasteiger partial charge in [0.25, 0.3) is 0 Å². The van der Waals surface area contributed by atoms with E-state index in [1.807, 2.05) is 0 Å². The van der Waals surface area contributed by atoms with Gasteiger partial charge in [-0.25, -0.2) is 0 Å².